The fraction of sp³-hybridized carbons (Fsp3) is 0.409. The summed E-state index contributed by atoms with van der Waals surface area (Å²) < 4.78 is 2.14. The first-order valence-electron chi connectivity index (χ1n) is 9.94. The van der Waals surface area contributed by atoms with Crippen molar-refractivity contribution in [2.75, 3.05) is 6.54 Å². The van der Waals surface area contributed by atoms with Gasteiger partial charge in [0.05, 0.1) is 17.9 Å². The van der Waals surface area contributed by atoms with Gasteiger partial charge < -0.3 is 0 Å². The summed E-state index contributed by atoms with van der Waals surface area (Å²) in [5.41, 5.74) is 8.54. The van der Waals surface area contributed by atoms with E-state index in [4.69, 9.17) is 10.1 Å². The lowest BCUT2D eigenvalue weighted by molar-refractivity contribution is 0.205. The van der Waals surface area contributed by atoms with Gasteiger partial charge in [0.15, 0.2) is 0 Å². The fourth-order valence-corrected chi connectivity index (χ4v) is 4.31. The Morgan fingerprint density at radius 3 is 2.93 bits per heavy atom. The Labute approximate surface area is 160 Å². The maximum absolute atomic E-state index is 4.80. The molecule has 0 radical (unpaired) electrons. The molecule has 5 heteroatoms. The van der Waals surface area contributed by atoms with Crippen molar-refractivity contribution in [1.82, 2.24) is 24.6 Å². The lowest BCUT2D eigenvalue weighted by Gasteiger charge is -2.27. The number of hydrogen-bond donors (Lipinski definition) is 0. The van der Waals surface area contributed by atoms with Crippen LogP contribution in [0.4, 0.5) is 0 Å². The summed E-state index contributed by atoms with van der Waals surface area (Å²) in [6, 6.07) is 8.65. The molecule has 138 valence electrons. The minimum Gasteiger partial charge on any atom is -0.291 e. The van der Waals surface area contributed by atoms with Gasteiger partial charge in [0.1, 0.15) is 5.69 Å². The number of hydrogen-bond acceptors (Lipinski definition) is 4. The summed E-state index contributed by atoms with van der Waals surface area (Å²) in [5.74, 6) is 0. The molecule has 0 unspecified atom stereocenters. The predicted octanol–water partition coefficient (Wildman–Crippen LogP) is 3.54. The van der Waals surface area contributed by atoms with E-state index in [0.717, 1.165) is 44.0 Å². The molecule has 5 nitrogen and oxygen atoms in total. The Morgan fingerprint density at radius 2 is 2.00 bits per heavy atom. The van der Waals surface area contributed by atoms with E-state index >= 15 is 0 Å². The second-order valence-corrected chi connectivity index (χ2v) is 7.78. The minimum absolute atomic E-state index is 0.927. The SMILES string of the molecule is Cc1cccnc1-c1cc2n(n1)CCN(Cc1cnc3c(c1)CCCC3)C2. The van der Waals surface area contributed by atoms with E-state index in [1.807, 2.05) is 12.3 Å². The van der Waals surface area contributed by atoms with Crippen LogP contribution in [0.3, 0.4) is 0 Å². The summed E-state index contributed by atoms with van der Waals surface area (Å²) in [7, 11) is 0. The topological polar surface area (TPSA) is 46.8 Å². The largest absolute Gasteiger partial charge is 0.291 e. The number of rotatable bonds is 3. The zero-order valence-corrected chi connectivity index (χ0v) is 15.9. The molecule has 1 aliphatic heterocycles. The Balaban J connectivity index is 1.33. The molecule has 4 heterocycles. The second kappa shape index (κ2) is 6.89. The summed E-state index contributed by atoms with van der Waals surface area (Å²) in [5, 5.41) is 4.80. The Kier molecular flexibility index (Phi) is 4.24. The van der Waals surface area contributed by atoms with Gasteiger partial charge in [0.2, 0.25) is 0 Å². The summed E-state index contributed by atoms with van der Waals surface area (Å²) >= 11 is 0. The van der Waals surface area contributed by atoms with Gasteiger partial charge in [0, 0.05) is 37.7 Å². The lowest BCUT2D eigenvalue weighted by Crippen LogP contribution is -2.33. The molecule has 0 spiro atoms. The Hall–Kier alpha value is -2.53. The Bertz CT molecular complexity index is 975. The minimum atomic E-state index is 0.927. The highest BCUT2D eigenvalue weighted by atomic mass is 15.3. The number of aromatic nitrogens is 4. The molecule has 5 rings (SSSR count). The third-order valence-electron chi connectivity index (χ3n) is 5.76. The van der Waals surface area contributed by atoms with Gasteiger partial charge in [-0.3, -0.25) is 19.5 Å². The fourth-order valence-electron chi connectivity index (χ4n) is 4.31. The van der Waals surface area contributed by atoms with Gasteiger partial charge in [-0.05, 0) is 61.4 Å². The molecule has 1 aliphatic carbocycles. The van der Waals surface area contributed by atoms with Crippen molar-refractivity contribution in [3.63, 3.8) is 0 Å². The van der Waals surface area contributed by atoms with Crippen LogP contribution in [0.15, 0.2) is 36.7 Å². The van der Waals surface area contributed by atoms with E-state index in [9.17, 15) is 0 Å². The zero-order chi connectivity index (χ0) is 18.2. The van der Waals surface area contributed by atoms with Crippen molar-refractivity contribution in [2.45, 2.75) is 52.2 Å². The summed E-state index contributed by atoms with van der Waals surface area (Å²) in [6.07, 6.45) is 8.85. The van der Waals surface area contributed by atoms with E-state index in [1.54, 1.807) is 0 Å². The molecule has 0 bridgehead atoms. The molecule has 0 fully saturated rings. The molecule has 0 saturated carbocycles. The summed E-state index contributed by atoms with van der Waals surface area (Å²) in [6.45, 7) is 5.93. The quantitative estimate of drug-likeness (QED) is 0.718. The molecule has 27 heavy (non-hydrogen) atoms. The van der Waals surface area contributed by atoms with E-state index < -0.39 is 0 Å². The monoisotopic (exact) mass is 359 g/mol. The predicted molar refractivity (Wildman–Crippen MR) is 105 cm³/mol. The van der Waals surface area contributed by atoms with E-state index in [-0.39, 0.29) is 0 Å². The lowest BCUT2D eigenvalue weighted by atomic mass is 9.95. The van der Waals surface area contributed by atoms with Crippen LogP contribution in [-0.2, 0) is 32.5 Å². The molecule has 0 saturated heterocycles. The van der Waals surface area contributed by atoms with Crippen molar-refractivity contribution in [3.8, 4) is 11.4 Å². The Morgan fingerprint density at radius 1 is 1.07 bits per heavy atom. The van der Waals surface area contributed by atoms with Crippen LogP contribution in [0, 0.1) is 6.92 Å². The maximum atomic E-state index is 4.80. The molecule has 0 N–H and O–H groups in total. The van der Waals surface area contributed by atoms with Crippen LogP contribution < -0.4 is 0 Å². The van der Waals surface area contributed by atoms with Gasteiger partial charge in [-0.15, -0.1) is 0 Å². The number of aryl methyl sites for hydroxylation is 3. The van der Waals surface area contributed by atoms with Crippen LogP contribution >= 0.6 is 0 Å². The van der Waals surface area contributed by atoms with Crippen molar-refractivity contribution >= 4 is 0 Å². The normalized spacial score (nSPS) is 16.8. The average Bonchev–Trinajstić information content (AvgIpc) is 3.11. The van der Waals surface area contributed by atoms with Gasteiger partial charge in [-0.25, -0.2) is 0 Å². The van der Waals surface area contributed by atoms with E-state index in [2.05, 4.69) is 45.9 Å². The highest BCUT2D eigenvalue weighted by molar-refractivity contribution is 5.58. The molecular weight excluding hydrogens is 334 g/mol. The van der Waals surface area contributed by atoms with Crippen LogP contribution in [0.2, 0.25) is 0 Å². The highest BCUT2D eigenvalue weighted by Gasteiger charge is 2.20. The smallest absolute Gasteiger partial charge is 0.111 e. The third-order valence-corrected chi connectivity index (χ3v) is 5.76. The van der Waals surface area contributed by atoms with Crippen molar-refractivity contribution in [1.29, 1.82) is 0 Å². The van der Waals surface area contributed by atoms with Crippen LogP contribution in [0.1, 0.15) is 40.9 Å². The molecular formula is C22H25N5. The standard InChI is InChI=1S/C22H25N5/c1-16-5-4-8-23-22(16)21-12-19-15-26(9-10-27(19)25-21)14-17-11-18-6-2-3-7-20(18)24-13-17/h4-5,8,11-13H,2-3,6-7,9-10,14-15H2,1H3. The maximum Gasteiger partial charge on any atom is 0.111 e. The molecule has 0 atom stereocenters. The van der Waals surface area contributed by atoms with Crippen molar-refractivity contribution in [3.05, 3.63) is 64.7 Å². The van der Waals surface area contributed by atoms with Crippen LogP contribution in [-0.4, -0.2) is 31.2 Å². The van der Waals surface area contributed by atoms with Gasteiger partial charge in [-0.1, -0.05) is 12.1 Å². The first-order valence-corrected chi connectivity index (χ1v) is 9.94. The third kappa shape index (κ3) is 3.28. The van der Waals surface area contributed by atoms with E-state index in [1.165, 1.54) is 47.3 Å². The summed E-state index contributed by atoms with van der Waals surface area (Å²) in [4.78, 5) is 11.8. The molecule has 3 aromatic heterocycles. The van der Waals surface area contributed by atoms with Gasteiger partial charge >= 0.3 is 0 Å². The number of pyridine rings is 2. The van der Waals surface area contributed by atoms with Crippen LogP contribution in [0.25, 0.3) is 11.4 Å². The van der Waals surface area contributed by atoms with Crippen molar-refractivity contribution < 1.29 is 0 Å². The van der Waals surface area contributed by atoms with E-state index in [0.29, 0.717) is 0 Å². The van der Waals surface area contributed by atoms with Gasteiger partial charge in [0.25, 0.3) is 0 Å². The second-order valence-electron chi connectivity index (χ2n) is 7.78. The first kappa shape index (κ1) is 16.6. The number of nitrogens with zero attached hydrogens (tertiary/aromatic N) is 5. The highest BCUT2D eigenvalue weighted by Crippen LogP contribution is 2.25. The van der Waals surface area contributed by atoms with Crippen molar-refractivity contribution in [2.24, 2.45) is 0 Å². The van der Waals surface area contributed by atoms with Crippen LogP contribution in [0.5, 0.6) is 0 Å². The molecule has 0 aromatic carbocycles. The molecule has 2 aliphatic rings. The average molecular weight is 359 g/mol. The number of fused-ring (bicyclic) bond motifs is 2. The van der Waals surface area contributed by atoms with Gasteiger partial charge in [-0.2, -0.15) is 5.10 Å². The molecule has 3 aromatic rings. The molecule has 0 amide bonds. The zero-order valence-electron chi connectivity index (χ0n) is 15.9. The first-order chi connectivity index (χ1) is 13.3.